The highest BCUT2D eigenvalue weighted by Gasteiger charge is 2.15. The van der Waals surface area contributed by atoms with E-state index < -0.39 is 5.91 Å². The molecule has 4 nitrogen and oxygen atoms in total. The Bertz CT molecular complexity index is 1130. The number of furan rings is 1. The first-order valence-corrected chi connectivity index (χ1v) is 10.6. The number of nitrogens with one attached hydrogen (secondary N) is 1. The third kappa shape index (κ3) is 5.68. The van der Waals surface area contributed by atoms with Crippen molar-refractivity contribution in [3.8, 4) is 6.07 Å². The van der Waals surface area contributed by atoms with Crippen LogP contribution in [0.2, 0.25) is 10.0 Å². The average Bonchev–Trinajstić information content (AvgIpc) is 3.03. The van der Waals surface area contributed by atoms with Gasteiger partial charge in [0.2, 0.25) is 0 Å². The lowest BCUT2D eigenvalue weighted by Gasteiger charge is -2.07. The van der Waals surface area contributed by atoms with Crippen LogP contribution in [-0.2, 0) is 4.79 Å². The van der Waals surface area contributed by atoms with Crippen molar-refractivity contribution in [2.24, 2.45) is 0 Å². The smallest absolute Gasteiger partial charge is 0.266 e. The molecule has 8 heteroatoms. The molecule has 0 saturated carbocycles. The highest BCUT2D eigenvalue weighted by atomic mass is 79.9. The van der Waals surface area contributed by atoms with E-state index >= 15 is 0 Å². The largest absolute Gasteiger partial charge is 0.449 e. The number of amides is 1. The number of carbonyl (C=O) groups is 1. The number of carbonyl (C=O) groups excluding carboxylic acids is 1. The summed E-state index contributed by atoms with van der Waals surface area (Å²) in [6.07, 6.45) is 1.39. The van der Waals surface area contributed by atoms with Crippen molar-refractivity contribution >= 4 is 68.6 Å². The van der Waals surface area contributed by atoms with Crippen LogP contribution in [0, 0.1) is 18.3 Å². The molecule has 3 rings (SSSR count). The van der Waals surface area contributed by atoms with Gasteiger partial charge in [0.1, 0.15) is 17.4 Å². The van der Waals surface area contributed by atoms with Crippen LogP contribution in [-0.4, -0.2) is 5.91 Å². The molecule has 1 heterocycles. The van der Waals surface area contributed by atoms with E-state index in [1.54, 1.807) is 36.4 Å². The highest BCUT2D eigenvalue weighted by molar-refractivity contribution is 9.10. The van der Waals surface area contributed by atoms with Crippen molar-refractivity contribution in [3.63, 3.8) is 0 Å². The van der Waals surface area contributed by atoms with Gasteiger partial charge in [-0.3, -0.25) is 4.79 Å². The number of benzene rings is 2. The van der Waals surface area contributed by atoms with E-state index in [2.05, 4.69) is 21.2 Å². The molecule has 0 aliphatic heterocycles. The number of hydrogen-bond acceptors (Lipinski definition) is 4. The molecule has 0 atom stereocenters. The van der Waals surface area contributed by atoms with Crippen LogP contribution in [0.5, 0.6) is 0 Å². The van der Waals surface area contributed by atoms with Gasteiger partial charge in [-0.2, -0.15) is 5.26 Å². The second-order valence-electron chi connectivity index (χ2n) is 5.92. The van der Waals surface area contributed by atoms with Crippen LogP contribution in [0.4, 0.5) is 5.69 Å². The Morgan fingerprint density at radius 2 is 1.86 bits per heavy atom. The monoisotopic (exact) mass is 506 g/mol. The number of anilines is 1. The van der Waals surface area contributed by atoms with Crippen molar-refractivity contribution in [1.29, 1.82) is 5.26 Å². The molecule has 3 aromatic rings. The standard InChI is InChI=1S/C21H13BrCl2N2O2S/c1-12-2-3-15(24)9-19(12)26-20(27)13(11-25)8-16-10-18(22)21(28-16)29-17-6-4-14(23)5-7-17/h2-10H,1H3,(H,26,27)/b13-8-. The fraction of sp³-hybridized carbons (Fsp3) is 0.0476. The Labute approximate surface area is 190 Å². The lowest BCUT2D eigenvalue weighted by Crippen LogP contribution is -2.14. The van der Waals surface area contributed by atoms with E-state index in [9.17, 15) is 10.1 Å². The van der Waals surface area contributed by atoms with Crippen LogP contribution >= 0.6 is 50.9 Å². The summed E-state index contributed by atoms with van der Waals surface area (Å²) in [5, 5.41) is 13.9. The molecule has 1 N–H and O–H groups in total. The zero-order valence-electron chi connectivity index (χ0n) is 15.0. The van der Waals surface area contributed by atoms with E-state index in [1.807, 2.05) is 25.1 Å². The number of nitrogens with zero attached hydrogens (tertiary/aromatic N) is 1. The van der Waals surface area contributed by atoms with Crippen molar-refractivity contribution in [2.75, 3.05) is 5.32 Å². The maximum Gasteiger partial charge on any atom is 0.266 e. The first-order chi connectivity index (χ1) is 13.9. The number of halogens is 3. The van der Waals surface area contributed by atoms with Gasteiger partial charge in [0.25, 0.3) is 5.91 Å². The number of nitriles is 1. The molecule has 29 heavy (non-hydrogen) atoms. The van der Waals surface area contributed by atoms with Crippen LogP contribution in [0.1, 0.15) is 11.3 Å². The third-order valence-electron chi connectivity index (χ3n) is 3.80. The van der Waals surface area contributed by atoms with Crippen molar-refractivity contribution in [3.05, 3.63) is 79.9 Å². The molecule has 0 radical (unpaired) electrons. The summed E-state index contributed by atoms with van der Waals surface area (Å²) < 4.78 is 6.49. The van der Waals surface area contributed by atoms with Crippen LogP contribution in [0.25, 0.3) is 6.08 Å². The first-order valence-electron chi connectivity index (χ1n) is 8.28. The zero-order chi connectivity index (χ0) is 21.0. The molecule has 1 amide bonds. The third-order valence-corrected chi connectivity index (χ3v) is 6.13. The molecule has 1 aromatic heterocycles. The van der Waals surface area contributed by atoms with Gasteiger partial charge in [0.05, 0.1) is 4.47 Å². The molecule has 0 unspecified atom stereocenters. The minimum atomic E-state index is -0.544. The second-order valence-corrected chi connectivity index (χ2v) is 8.70. The minimum absolute atomic E-state index is 0.0892. The predicted molar refractivity (Wildman–Crippen MR) is 120 cm³/mol. The van der Waals surface area contributed by atoms with Gasteiger partial charge in [-0.1, -0.05) is 41.0 Å². The van der Waals surface area contributed by atoms with Gasteiger partial charge >= 0.3 is 0 Å². The maximum absolute atomic E-state index is 12.5. The van der Waals surface area contributed by atoms with E-state index in [-0.39, 0.29) is 5.57 Å². The average molecular weight is 508 g/mol. The molecular weight excluding hydrogens is 495 g/mol. The van der Waals surface area contributed by atoms with E-state index in [0.29, 0.717) is 31.1 Å². The maximum atomic E-state index is 12.5. The molecule has 146 valence electrons. The van der Waals surface area contributed by atoms with Crippen LogP contribution in [0.3, 0.4) is 0 Å². The van der Waals surface area contributed by atoms with E-state index in [0.717, 1.165) is 10.5 Å². The molecule has 0 bridgehead atoms. The zero-order valence-corrected chi connectivity index (χ0v) is 18.9. The molecule has 0 spiro atoms. The second kappa shape index (κ2) is 9.55. The van der Waals surface area contributed by atoms with Crippen molar-refractivity contribution in [1.82, 2.24) is 0 Å². The minimum Gasteiger partial charge on any atom is -0.449 e. The van der Waals surface area contributed by atoms with E-state index in [4.69, 9.17) is 27.6 Å². The summed E-state index contributed by atoms with van der Waals surface area (Å²) in [6, 6.07) is 16.1. The molecular formula is C21H13BrCl2N2O2S. The summed E-state index contributed by atoms with van der Waals surface area (Å²) in [7, 11) is 0. The summed E-state index contributed by atoms with van der Waals surface area (Å²) in [5.74, 6) is -0.167. The number of hydrogen-bond donors (Lipinski definition) is 1. The highest BCUT2D eigenvalue weighted by Crippen LogP contribution is 2.37. The molecule has 0 saturated heterocycles. The lowest BCUT2D eigenvalue weighted by atomic mass is 10.1. The van der Waals surface area contributed by atoms with Crippen LogP contribution in [0.15, 0.2) is 73.0 Å². The van der Waals surface area contributed by atoms with Gasteiger partial charge in [-0.15, -0.1) is 0 Å². The van der Waals surface area contributed by atoms with Gasteiger partial charge in [0, 0.05) is 26.7 Å². The summed E-state index contributed by atoms with van der Waals surface area (Å²) in [4.78, 5) is 13.4. The Kier molecular flexibility index (Phi) is 7.09. The quantitative estimate of drug-likeness (QED) is 0.289. The fourth-order valence-electron chi connectivity index (χ4n) is 2.33. The molecule has 0 aliphatic rings. The van der Waals surface area contributed by atoms with Gasteiger partial charge < -0.3 is 9.73 Å². The summed E-state index contributed by atoms with van der Waals surface area (Å²) in [6.45, 7) is 1.84. The Morgan fingerprint density at radius 1 is 1.17 bits per heavy atom. The Hall–Kier alpha value is -2.17. The lowest BCUT2D eigenvalue weighted by molar-refractivity contribution is -0.112. The Balaban J connectivity index is 1.80. The van der Waals surface area contributed by atoms with Gasteiger partial charge in [-0.05, 0) is 70.9 Å². The Morgan fingerprint density at radius 3 is 2.55 bits per heavy atom. The topological polar surface area (TPSA) is 66.0 Å². The molecule has 0 aliphatic carbocycles. The molecule has 0 fully saturated rings. The predicted octanol–water partition coefficient (Wildman–Crippen LogP) is 7.35. The first kappa shape index (κ1) is 21.5. The number of aryl methyl sites for hydroxylation is 1. The SMILES string of the molecule is Cc1ccc(Cl)cc1NC(=O)/C(C#N)=C\c1cc(Br)c(Sc2ccc(Cl)cc2)o1. The summed E-state index contributed by atoms with van der Waals surface area (Å²) in [5.41, 5.74) is 1.29. The summed E-state index contributed by atoms with van der Waals surface area (Å²) >= 11 is 16.7. The fourth-order valence-corrected chi connectivity index (χ4v) is 3.96. The number of rotatable bonds is 5. The van der Waals surface area contributed by atoms with Crippen LogP contribution < -0.4 is 5.32 Å². The normalized spacial score (nSPS) is 11.2. The van der Waals surface area contributed by atoms with Crippen molar-refractivity contribution in [2.45, 2.75) is 16.9 Å². The van der Waals surface area contributed by atoms with E-state index in [1.165, 1.54) is 17.8 Å². The van der Waals surface area contributed by atoms with Crippen molar-refractivity contribution < 1.29 is 9.21 Å². The molecule has 2 aromatic carbocycles. The van der Waals surface area contributed by atoms with Gasteiger partial charge in [-0.25, -0.2) is 0 Å². The van der Waals surface area contributed by atoms with Gasteiger partial charge in [0.15, 0.2) is 5.09 Å².